The molecule has 0 heterocycles. The van der Waals surface area contributed by atoms with Crippen molar-refractivity contribution in [1.82, 2.24) is 0 Å². The molecule has 0 bridgehead atoms. The van der Waals surface area contributed by atoms with Crippen LogP contribution in [0.3, 0.4) is 0 Å². The van der Waals surface area contributed by atoms with Gasteiger partial charge in [-0.05, 0) is 42.0 Å². The average Bonchev–Trinajstić information content (AvgIpc) is 2.38. The van der Waals surface area contributed by atoms with E-state index >= 15 is 0 Å². The fourth-order valence-corrected chi connectivity index (χ4v) is 2.88. The van der Waals surface area contributed by atoms with Crippen molar-refractivity contribution in [3.8, 4) is 0 Å². The molecule has 0 saturated heterocycles. The monoisotopic (exact) mass is 277 g/mol. The first-order valence-electron chi connectivity index (χ1n) is 5.83. The van der Waals surface area contributed by atoms with Crippen molar-refractivity contribution in [3.05, 3.63) is 64.7 Å². The van der Waals surface area contributed by atoms with Crippen LogP contribution in [-0.4, -0.2) is 6.26 Å². The molecule has 2 N–H and O–H groups in total. The highest BCUT2D eigenvalue weighted by Crippen LogP contribution is 2.27. The van der Waals surface area contributed by atoms with Gasteiger partial charge in [0.25, 0.3) is 0 Å². The minimum atomic E-state index is 0.00659. The van der Waals surface area contributed by atoms with Gasteiger partial charge in [-0.1, -0.05) is 41.9 Å². The highest BCUT2D eigenvalue weighted by Gasteiger charge is 2.11. The van der Waals surface area contributed by atoms with Gasteiger partial charge in [0.1, 0.15) is 0 Å². The first kappa shape index (κ1) is 13.5. The molecular formula is C15H16ClNS. The van der Waals surface area contributed by atoms with Crippen molar-refractivity contribution >= 4 is 23.4 Å². The van der Waals surface area contributed by atoms with Gasteiger partial charge in [-0.15, -0.1) is 11.8 Å². The molecule has 1 atom stereocenters. The number of thioether (sulfide) groups is 1. The van der Waals surface area contributed by atoms with E-state index in [1.165, 1.54) is 16.0 Å². The van der Waals surface area contributed by atoms with Crippen molar-refractivity contribution in [2.75, 3.05) is 6.26 Å². The van der Waals surface area contributed by atoms with Gasteiger partial charge in [-0.3, -0.25) is 0 Å². The number of rotatable bonds is 4. The predicted molar refractivity (Wildman–Crippen MR) is 80.3 cm³/mol. The lowest BCUT2D eigenvalue weighted by molar-refractivity contribution is 0.708. The summed E-state index contributed by atoms with van der Waals surface area (Å²) in [4.78, 5) is 1.24. The number of hydrogen-bond donors (Lipinski definition) is 1. The largest absolute Gasteiger partial charge is 0.324 e. The molecule has 0 aliphatic heterocycles. The van der Waals surface area contributed by atoms with E-state index in [0.29, 0.717) is 0 Å². The van der Waals surface area contributed by atoms with Crippen LogP contribution in [0, 0.1) is 0 Å². The fourth-order valence-electron chi connectivity index (χ4n) is 2.00. The van der Waals surface area contributed by atoms with Gasteiger partial charge in [-0.2, -0.15) is 0 Å². The maximum Gasteiger partial charge on any atom is 0.0408 e. The van der Waals surface area contributed by atoms with Crippen LogP contribution in [0.2, 0.25) is 5.02 Å². The summed E-state index contributed by atoms with van der Waals surface area (Å²) in [5, 5.41) is 0.762. The van der Waals surface area contributed by atoms with Crippen LogP contribution in [-0.2, 0) is 6.42 Å². The second-order valence-corrected chi connectivity index (χ2v) is 5.47. The van der Waals surface area contributed by atoms with E-state index in [-0.39, 0.29) is 6.04 Å². The Kier molecular flexibility index (Phi) is 4.70. The van der Waals surface area contributed by atoms with E-state index in [9.17, 15) is 0 Å². The van der Waals surface area contributed by atoms with Crippen LogP contribution in [0.5, 0.6) is 0 Å². The Bertz CT molecular complexity index is 527. The zero-order valence-corrected chi connectivity index (χ0v) is 11.8. The maximum atomic E-state index is 6.30. The van der Waals surface area contributed by atoms with Gasteiger partial charge in [0.2, 0.25) is 0 Å². The second kappa shape index (κ2) is 6.28. The van der Waals surface area contributed by atoms with E-state index in [1.807, 2.05) is 30.3 Å². The normalized spacial score (nSPS) is 12.4. The molecule has 0 radical (unpaired) electrons. The molecule has 2 rings (SSSR count). The Labute approximate surface area is 117 Å². The number of halogens is 1. The van der Waals surface area contributed by atoms with Crippen LogP contribution >= 0.6 is 23.4 Å². The summed E-state index contributed by atoms with van der Waals surface area (Å²) < 4.78 is 0. The lowest BCUT2D eigenvalue weighted by atomic mass is 10.00. The van der Waals surface area contributed by atoms with Gasteiger partial charge >= 0.3 is 0 Å². The van der Waals surface area contributed by atoms with Crippen LogP contribution in [0.25, 0.3) is 0 Å². The Morgan fingerprint density at radius 1 is 1.17 bits per heavy atom. The summed E-state index contributed by atoms with van der Waals surface area (Å²) in [6.45, 7) is 0. The molecule has 1 unspecified atom stereocenters. The van der Waals surface area contributed by atoms with Crippen LogP contribution in [0.15, 0.2) is 53.4 Å². The predicted octanol–water partition coefficient (Wildman–Crippen LogP) is 4.30. The van der Waals surface area contributed by atoms with Crippen molar-refractivity contribution in [2.24, 2.45) is 5.73 Å². The summed E-state index contributed by atoms with van der Waals surface area (Å²) in [6, 6.07) is 16.2. The molecule has 1 nitrogen and oxygen atoms in total. The zero-order valence-electron chi connectivity index (χ0n) is 10.3. The van der Waals surface area contributed by atoms with Crippen LogP contribution in [0.4, 0.5) is 0 Å². The summed E-state index contributed by atoms with van der Waals surface area (Å²) in [6.07, 6.45) is 2.88. The second-order valence-electron chi connectivity index (χ2n) is 4.18. The molecule has 0 aliphatic carbocycles. The SMILES string of the molecule is CSc1ccccc1C(N)Cc1cccc(Cl)c1. The molecule has 0 fully saturated rings. The molecule has 0 spiro atoms. The third-order valence-electron chi connectivity index (χ3n) is 2.88. The van der Waals surface area contributed by atoms with E-state index in [0.717, 1.165) is 11.4 Å². The van der Waals surface area contributed by atoms with Crippen molar-refractivity contribution in [1.29, 1.82) is 0 Å². The highest BCUT2D eigenvalue weighted by atomic mass is 35.5. The minimum absolute atomic E-state index is 0.00659. The molecule has 18 heavy (non-hydrogen) atoms. The summed E-state index contributed by atoms with van der Waals surface area (Å²) in [7, 11) is 0. The molecule has 3 heteroatoms. The third-order valence-corrected chi connectivity index (χ3v) is 3.93. The Morgan fingerprint density at radius 2 is 1.94 bits per heavy atom. The highest BCUT2D eigenvalue weighted by molar-refractivity contribution is 7.98. The topological polar surface area (TPSA) is 26.0 Å². The van der Waals surface area contributed by atoms with E-state index in [4.69, 9.17) is 17.3 Å². The van der Waals surface area contributed by atoms with Gasteiger partial charge in [0.05, 0.1) is 0 Å². The Hall–Kier alpha value is -0.960. The van der Waals surface area contributed by atoms with Crippen molar-refractivity contribution in [2.45, 2.75) is 17.4 Å². The Morgan fingerprint density at radius 3 is 2.67 bits per heavy atom. The average molecular weight is 278 g/mol. The van der Waals surface area contributed by atoms with Gasteiger partial charge in [-0.25, -0.2) is 0 Å². The quantitative estimate of drug-likeness (QED) is 0.843. The number of benzene rings is 2. The van der Waals surface area contributed by atoms with Gasteiger partial charge in [0.15, 0.2) is 0 Å². The molecule has 2 aromatic carbocycles. The van der Waals surface area contributed by atoms with Gasteiger partial charge in [0, 0.05) is 16.0 Å². The molecule has 0 aromatic heterocycles. The first-order valence-corrected chi connectivity index (χ1v) is 7.44. The molecule has 94 valence electrons. The maximum absolute atomic E-state index is 6.30. The first-order chi connectivity index (χ1) is 8.70. The lowest BCUT2D eigenvalue weighted by Crippen LogP contribution is -2.14. The van der Waals surface area contributed by atoms with E-state index < -0.39 is 0 Å². The minimum Gasteiger partial charge on any atom is -0.324 e. The molecular weight excluding hydrogens is 262 g/mol. The third kappa shape index (κ3) is 3.29. The lowest BCUT2D eigenvalue weighted by Gasteiger charge is -2.15. The van der Waals surface area contributed by atoms with Crippen molar-refractivity contribution < 1.29 is 0 Å². The molecule has 2 aromatic rings. The van der Waals surface area contributed by atoms with E-state index in [2.05, 4.69) is 24.5 Å². The number of hydrogen-bond acceptors (Lipinski definition) is 2. The fraction of sp³-hybridized carbons (Fsp3) is 0.200. The smallest absolute Gasteiger partial charge is 0.0408 e. The zero-order chi connectivity index (χ0) is 13.0. The van der Waals surface area contributed by atoms with Crippen LogP contribution in [0.1, 0.15) is 17.2 Å². The Balaban J connectivity index is 2.19. The molecule has 0 amide bonds. The standard InChI is InChI=1S/C15H16ClNS/c1-18-15-8-3-2-7-13(15)14(17)10-11-5-4-6-12(16)9-11/h2-9,14H,10,17H2,1H3. The molecule has 0 aliphatic rings. The summed E-state index contributed by atoms with van der Waals surface area (Å²) >= 11 is 7.72. The summed E-state index contributed by atoms with van der Waals surface area (Å²) in [5.74, 6) is 0. The van der Waals surface area contributed by atoms with Crippen molar-refractivity contribution in [3.63, 3.8) is 0 Å². The molecule has 0 saturated carbocycles. The van der Waals surface area contributed by atoms with Gasteiger partial charge < -0.3 is 5.73 Å². The van der Waals surface area contributed by atoms with Crippen LogP contribution < -0.4 is 5.73 Å². The number of nitrogens with two attached hydrogens (primary N) is 1. The summed E-state index contributed by atoms with van der Waals surface area (Å²) in [5.41, 5.74) is 8.67. The van der Waals surface area contributed by atoms with E-state index in [1.54, 1.807) is 11.8 Å².